The van der Waals surface area contributed by atoms with Crippen LogP contribution in [-0.4, -0.2) is 5.48 Å². The average Bonchev–Trinajstić information content (AvgIpc) is 1.77. The van der Waals surface area contributed by atoms with Crippen LogP contribution in [0.25, 0.3) is 0 Å². The minimum atomic E-state index is 0. The second-order valence-electron chi connectivity index (χ2n) is 1.41. The third-order valence-electron chi connectivity index (χ3n) is 0.824. The fraction of sp³-hybridized carbons (Fsp3) is 0. The summed E-state index contributed by atoms with van der Waals surface area (Å²) < 4.78 is 2.19. The van der Waals surface area contributed by atoms with Crippen LogP contribution in [0.5, 0.6) is 0 Å². The van der Waals surface area contributed by atoms with Gasteiger partial charge in [-0.15, -0.1) is 0 Å². The third kappa shape index (κ3) is 2.47. The Morgan fingerprint density at radius 3 is 1.44 bits per heavy atom. The summed E-state index contributed by atoms with van der Waals surface area (Å²) in [4.78, 5) is 0. The fourth-order valence-electron chi connectivity index (χ4n) is 0.439. The second kappa shape index (κ2) is 4.04. The first kappa shape index (κ1) is 9.14. The van der Waals surface area contributed by atoms with Crippen LogP contribution in [0.15, 0.2) is 33.2 Å². The monoisotopic (exact) mass is 252 g/mol. The minimum Gasteiger partial charge on any atom is -0.412 e. The smallest absolute Gasteiger partial charge is 0.0317 e. The minimum absolute atomic E-state index is 0. The molecule has 0 aliphatic rings. The van der Waals surface area contributed by atoms with Crippen molar-refractivity contribution in [1.29, 1.82) is 0 Å². The molecule has 9 heavy (non-hydrogen) atoms. The quantitative estimate of drug-likeness (QED) is 0.680. The molecule has 3 heteroatoms. The van der Waals surface area contributed by atoms with Crippen molar-refractivity contribution >= 4 is 31.9 Å². The van der Waals surface area contributed by atoms with E-state index in [9.17, 15) is 0 Å². The van der Waals surface area contributed by atoms with Gasteiger partial charge >= 0.3 is 0 Å². The van der Waals surface area contributed by atoms with E-state index >= 15 is 0 Å². The topological polar surface area (TPSA) is 31.5 Å². The second-order valence-corrected chi connectivity index (χ2v) is 3.12. The van der Waals surface area contributed by atoms with Gasteiger partial charge in [0.2, 0.25) is 0 Å². The van der Waals surface area contributed by atoms with Gasteiger partial charge < -0.3 is 5.48 Å². The first-order valence-electron chi connectivity index (χ1n) is 2.21. The van der Waals surface area contributed by atoms with Crippen LogP contribution in [0.2, 0.25) is 0 Å². The molecule has 0 fully saturated rings. The molecular weight excluding hydrogens is 248 g/mol. The Morgan fingerprint density at radius 2 is 1.22 bits per heavy atom. The van der Waals surface area contributed by atoms with Crippen LogP contribution < -0.4 is 0 Å². The molecule has 2 N–H and O–H groups in total. The Kier molecular flexibility index (Phi) is 4.10. The van der Waals surface area contributed by atoms with Gasteiger partial charge in [0, 0.05) is 8.95 Å². The lowest BCUT2D eigenvalue weighted by Gasteiger charge is -1.89. The lowest BCUT2D eigenvalue weighted by Crippen LogP contribution is -1.63. The molecule has 1 rings (SSSR count). The van der Waals surface area contributed by atoms with Crippen molar-refractivity contribution in [2.24, 2.45) is 0 Å². The van der Waals surface area contributed by atoms with E-state index in [0.29, 0.717) is 0 Å². The summed E-state index contributed by atoms with van der Waals surface area (Å²) in [5.74, 6) is 0. The predicted octanol–water partition coefficient (Wildman–Crippen LogP) is 2.39. The van der Waals surface area contributed by atoms with Crippen molar-refractivity contribution in [1.82, 2.24) is 0 Å². The Hall–Kier alpha value is 0.140. The lowest BCUT2D eigenvalue weighted by atomic mass is 10.4. The molecular formula is C6H6Br2O. The molecule has 50 valence electrons. The zero-order chi connectivity index (χ0) is 5.98. The highest BCUT2D eigenvalue weighted by atomic mass is 79.9. The standard InChI is InChI=1S/C6H4Br2.H2O/c7-5-3-1-2-4-6(5)8;/h1-4H;1H2. The zero-order valence-electron chi connectivity index (χ0n) is 4.57. The highest BCUT2D eigenvalue weighted by Gasteiger charge is 1.88. The molecule has 0 saturated carbocycles. The van der Waals surface area contributed by atoms with Crippen molar-refractivity contribution in [2.75, 3.05) is 0 Å². The highest BCUT2D eigenvalue weighted by Crippen LogP contribution is 2.20. The van der Waals surface area contributed by atoms with Gasteiger partial charge in [-0.25, -0.2) is 0 Å². The summed E-state index contributed by atoms with van der Waals surface area (Å²) in [5, 5.41) is 0. The summed E-state index contributed by atoms with van der Waals surface area (Å²) in [7, 11) is 0. The van der Waals surface area contributed by atoms with E-state index in [4.69, 9.17) is 0 Å². The molecule has 1 nitrogen and oxygen atoms in total. The highest BCUT2D eigenvalue weighted by molar-refractivity contribution is 9.13. The van der Waals surface area contributed by atoms with Gasteiger partial charge in [-0.2, -0.15) is 0 Å². The van der Waals surface area contributed by atoms with Gasteiger partial charge in [-0.1, -0.05) is 12.1 Å². The van der Waals surface area contributed by atoms with E-state index in [0.717, 1.165) is 8.95 Å². The van der Waals surface area contributed by atoms with Crippen molar-refractivity contribution < 1.29 is 5.48 Å². The molecule has 0 heterocycles. The molecule has 0 aromatic heterocycles. The van der Waals surface area contributed by atoms with Gasteiger partial charge in [0.15, 0.2) is 0 Å². The molecule has 0 saturated heterocycles. The number of rotatable bonds is 0. The molecule has 0 radical (unpaired) electrons. The molecule has 0 unspecified atom stereocenters. The summed E-state index contributed by atoms with van der Waals surface area (Å²) in [6.07, 6.45) is 0. The van der Waals surface area contributed by atoms with Gasteiger partial charge in [-0.3, -0.25) is 0 Å². The van der Waals surface area contributed by atoms with Crippen LogP contribution in [0.4, 0.5) is 0 Å². The van der Waals surface area contributed by atoms with Crippen LogP contribution in [0, 0.1) is 0 Å². The summed E-state index contributed by atoms with van der Waals surface area (Å²) in [5.41, 5.74) is 0. The van der Waals surface area contributed by atoms with E-state index in [1.165, 1.54) is 0 Å². The summed E-state index contributed by atoms with van der Waals surface area (Å²) >= 11 is 6.70. The predicted molar refractivity (Wildman–Crippen MR) is 45.5 cm³/mol. The molecule has 0 bridgehead atoms. The van der Waals surface area contributed by atoms with Crippen molar-refractivity contribution in [2.45, 2.75) is 0 Å². The largest absolute Gasteiger partial charge is 0.412 e. The Morgan fingerprint density at radius 1 is 0.889 bits per heavy atom. The lowest BCUT2D eigenvalue weighted by molar-refractivity contribution is 0.824. The van der Waals surface area contributed by atoms with E-state index in [1.54, 1.807) is 0 Å². The van der Waals surface area contributed by atoms with Crippen LogP contribution in [0.1, 0.15) is 0 Å². The fourth-order valence-corrected chi connectivity index (χ4v) is 1.01. The van der Waals surface area contributed by atoms with Crippen molar-refractivity contribution in [3.8, 4) is 0 Å². The Bertz CT molecular complexity index is 167. The van der Waals surface area contributed by atoms with Crippen LogP contribution in [-0.2, 0) is 0 Å². The summed E-state index contributed by atoms with van der Waals surface area (Å²) in [6, 6.07) is 7.94. The van der Waals surface area contributed by atoms with Crippen LogP contribution in [0.3, 0.4) is 0 Å². The molecule has 0 spiro atoms. The maximum Gasteiger partial charge on any atom is 0.0317 e. The van der Waals surface area contributed by atoms with E-state index in [1.807, 2.05) is 24.3 Å². The first-order chi connectivity index (χ1) is 3.80. The maximum atomic E-state index is 3.35. The van der Waals surface area contributed by atoms with Gasteiger partial charge in [0.05, 0.1) is 0 Å². The van der Waals surface area contributed by atoms with Crippen molar-refractivity contribution in [3.05, 3.63) is 33.2 Å². The normalized spacial score (nSPS) is 8.22. The van der Waals surface area contributed by atoms with Crippen molar-refractivity contribution in [3.63, 3.8) is 0 Å². The van der Waals surface area contributed by atoms with E-state index in [-0.39, 0.29) is 5.48 Å². The average molecular weight is 254 g/mol. The molecule has 0 atom stereocenters. The Balaban J connectivity index is 0.000000640. The summed E-state index contributed by atoms with van der Waals surface area (Å²) in [6.45, 7) is 0. The first-order valence-corrected chi connectivity index (χ1v) is 3.79. The molecule has 0 aliphatic carbocycles. The van der Waals surface area contributed by atoms with Gasteiger partial charge in [-0.05, 0) is 44.0 Å². The number of halogens is 2. The third-order valence-corrected chi connectivity index (χ3v) is 2.74. The van der Waals surface area contributed by atoms with E-state index in [2.05, 4.69) is 31.9 Å². The molecule has 1 aromatic carbocycles. The Labute approximate surface area is 70.6 Å². The van der Waals surface area contributed by atoms with E-state index < -0.39 is 0 Å². The molecule has 0 aliphatic heterocycles. The van der Waals surface area contributed by atoms with Gasteiger partial charge in [0.25, 0.3) is 0 Å². The number of hydrogen-bond acceptors (Lipinski definition) is 0. The number of hydrogen-bond donors (Lipinski definition) is 0. The number of benzene rings is 1. The molecule has 0 amide bonds. The molecule has 1 aromatic rings. The maximum absolute atomic E-state index is 3.35. The SMILES string of the molecule is Brc1ccccc1Br.O. The van der Waals surface area contributed by atoms with Crippen LogP contribution >= 0.6 is 31.9 Å². The zero-order valence-corrected chi connectivity index (χ0v) is 7.74. The van der Waals surface area contributed by atoms with Gasteiger partial charge in [0.1, 0.15) is 0 Å².